The Bertz CT molecular complexity index is 613. The maximum atomic E-state index is 12.3. The number of fused-ring (bicyclic) bond motifs is 1. The number of nitrogens with zero attached hydrogens (tertiary/aromatic N) is 1. The molecular weight excluding hydrogens is 264 g/mol. The Morgan fingerprint density at radius 2 is 1.86 bits per heavy atom. The Kier molecular flexibility index (Phi) is 4.05. The van der Waals surface area contributed by atoms with Gasteiger partial charge in [0, 0.05) is 12.2 Å². The number of amides is 2. The molecule has 4 heteroatoms. The molecule has 1 heterocycles. The number of anilines is 1. The molecule has 0 radical (unpaired) electrons. The number of urea groups is 1. The van der Waals surface area contributed by atoms with Gasteiger partial charge in [-0.05, 0) is 36.6 Å². The number of benzene rings is 2. The number of ether oxygens (including phenoxy) is 1. The number of carbonyl (C=O) groups excluding carboxylic acids is 1. The third-order valence-electron chi connectivity index (χ3n) is 3.56. The fraction of sp³-hybridized carbons (Fsp3) is 0.235. The fourth-order valence-electron chi connectivity index (χ4n) is 2.54. The Morgan fingerprint density at radius 3 is 2.71 bits per heavy atom. The van der Waals surface area contributed by atoms with Gasteiger partial charge in [-0.3, -0.25) is 4.90 Å². The van der Waals surface area contributed by atoms with E-state index in [9.17, 15) is 4.79 Å². The third-order valence-corrected chi connectivity index (χ3v) is 3.56. The molecule has 3 rings (SSSR count). The van der Waals surface area contributed by atoms with E-state index in [1.54, 1.807) is 4.90 Å². The van der Waals surface area contributed by atoms with Crippen LogP contribution in [0.2, 0.25) is 0 Å². The van der Waals surface area contributed by atoms with Crippen LogP contribution >= 0.6 is 0 Å². The summed E-state index contributed by atoms with van der Waals surface area (Å²) >= 11 is 0. The van der Waals surface area contributed by atoms with Crippen molar-refractivity contribution >= 4 is 11.7 Å². The summed E-state index contributed by atoms with van der Waals surface area (Å²) in [6, 6.07) is 17.4. The van der Waals surface area contributed by atoms with Crippen molar-refractivity contribution in [3.63, 3.8) is 0 Å². The van der Waals surface area contributed by atoms with Gasteiger partial charge in [-0.2, -0.15) is 0 Å². The van der Waals surface area contributed by atoms with E-state index in [0.29, 0.717) is 0 Å². The first-order valence-electron chi connectivity index (χ1n) is 7.16. The van der Waals surface area contributed by atoms with Crippen molar-refractivity contribution in [2.75, 3.05) is 18.2 Å². The maximum absolute atomic E-state index is 12.3. The van der Waals surface area contributed by atoms with Crippen LogP contribution in [-0.4, -0.2) is 19.3 Å². The highest BCUT2D eigenvalue weighted by Gasteiger charge is 2.21. The predicted molar refractivity (Wildman–Crippen MR) is 82.6 cm³/mol. The van der Waals surface area contributed by atoms with Gasteiger partial charge in [0.2, 0.25) is 0 Å². The maximum Gasteiger partial charge on any atom is 0.324 e. The fourth-order valence-corrected chi connectivity index (χ4v) is 2.54. The van der Waals surface area contributed by atoms with Crippen molar-refractivity contribution in [2.45, 2.75) is 12.8 Å². The van der Waals surface area contributed by atoms with Crippen LogP contribution in [0.4, 0.5) is 10.5 Å². The number of hydrogen-bond acceptors (Lipinski definition) is 2. The van der Waals surface area contributed by atoms with Gasteiger partial charge in [0.05, 0.1) is 0 Å². The minimum absolute atomic E-state index is 0.113. The quantitative estimate of drug-likeness (QED) is 0.878. The van der Waals surface area contributed by atoms with E-state index in [2.05, 4.69) is 11.4 Å². The Labute approximate surface area is 124 Å². The molecule has 2 aromatic rings. The molecule has 2 amide bonds. The van der Waals surface area contributed by atoms with Crippen LogP contribution in [0.1, 0.15) is 12.0 Å². The molecule has 0 fully saturated rings. The van der Waals surface area contributed by atoms with Crippen LogP contribution in [0.5, 0.6) is 5.75 Å². The van der Waals surface area contributed by atoms with Crippen molar-refractivity contribution in [1.29, 1.82) is 0 Å². The lowest BCUT2D eigenvalue weighted by Crippen LogP contribution is -2.44. The van der Waals surface area contributed by atoms with Gasteiger partial charge >= 0.3 is 6.03 Å². The molecule has 0 aliphatic carbocycles. The Hall–Kier alpha value is -2.49. The van der Waals surface area contributed by atoms with E-state index in [4.69, 9.17) is 4.74 Å². The molecular formula is C17H18N2O2. The molecule has 0 unspecified atom stereocenters. The van der Waals surface area contributed by atoms with Gasteiger partial charge in [-0.15, -0.1) is 0 Å². The molecule has 1 N–H and O–H groups in total. The molecule has 108 valence electrons. The summed E-state index contributed by atoms with van der Waals surface area (Å²) in [5, 5.41) is 2.81. The van der Waals surface area contributed by atoms with Crippen LogP contribution in [-0.2, 0) is 6.42 Å². The topological polar surface area (TPSA) is 41.6 Å². The van der Waals surface area contributed by atoms with Crippen LogP contribution < -0.4 is 15.0 Å². The van der Waals surface area contributed by atoms with E-state index in [0.717, 1.165) is 30.8 Å². The second kappa shape index (κ2) is 6.31. The molecule has 0 saturated carbocycles. The number of aryl methyl sites for hydroxylation is 1. The summed E-state index contributed by atoms with van der Waals surface area (Å²) in [6.45, 7) is 0.912. The second-order valence-corrected chi connectivity index (χ2v) is 4.97. The van der Waals surface area contributed by atoms with Crippen molar-refractivity contribution < 1.29 is 9.53 Å². The average molecular weight is 282 g/mol. The van der Waals surface area contributed by atoms with Gasteiger partial charge in [0.25, 0.3) is 0 Å². The largest absolute Gasteiger partial charge is 0.473 e. The molecule has 0 atom stereocenters. The highest BCUT2D eigenvalue weighted by molar-refractivity contribution is 5.93. The molecule has 2 aromatic carbocycles. The van der Waals surface area contributed by atoms with E-state index in [1.807, 2.05) is 48.5 Å². The van der Waals surface area contributed by atoms with Gasteiger partial charge in [-0.25, -0.2) is 4.79 Å². The highest BCUT2D eigenvalue weighted by atomic mass is 16.5. The number of hydrogen-bond donors (Lipinski definition) is 1. The summed E-state index contributed by atoms with van der Waals surface area (Å²) in [5.74, 6) is 0.747. The third kappa shape index (κ3) is 3.16. The van der Waals surface area contributed by atoms with Crippen molar-refractivity contribution in [3.8, 4) is 5.75 Å². The van der Waals surface area contributed by atoms with Crippen molar-refractivity contribution in [2.24, 2.45) is 0 Å². The van der Waals surface area contributed by atoms with E-state index in [1.165, 1.54) is 5.56 Å². The summed E-state index contributed by atoms with van der Waals surface area (Å²) < 4.78 is 5.50. The number of rotatable bonds is 3. The van der Waals surface area contributed by atoms with Crippen LogP contribution in [0.15, 0.2) is 54.6 Å². The lowest BCUT2D eigenvalue weighted by atomic mass is 10.0. The lowest BCUT2D eigenvalue weighted by molar-refractivity contribution is 0.228. The smallest absolute Gasteiger partial charge is 0.324 e. The molecule has 0 bridgehead atoms. The number of carbonyl (C=O) groups is 1. The highest BCUT2D eigenvalue weighted by Crippen LogP contribution is 2.26. The van der Waals surface area contributed by atoms with Gasteiger partial charge in [-0.1, -0.05) is 36.4 Å². The monoisotopic (exact) mass is 282 g/mol. The van der Waals surface area contributed by atoms with Crippen LogP contribution in [0.3, 0.4) is 0 Å². The summed E-state index contributed by atoms with van der Waals surface area (Å²) in [7, 11) is 0. The zero-order chi connectivity index (χ0) is 14.5. The first-order valence-corrected chi connectivity index (χ1v) is 7.16. The van der Waals surface area contributed by atoms with Crippen LogP contribution in [0, 0.1) is 0 Å². The zero-order valence-corrected chi connectivity index (χ0v) is 11.8. The SMILES string of the molecule is O=C(NCOc1ccccc1)N1CCCc2ccccc21. The Balaban J connectivity index is 1.59. The van der Waals surface area contributed by atoms with E-state index >= 15 is 0 Å². The zero-order valence-electron chi connectivity index (χ0n) is 11.8. The lowest BCUT2D eigenvalue weighted by Gasteiger charge is -2.29. The minimum Gasteiger partial charge on any atom is -0.473 e. The first-order chi connectivity index (χ1) is 10.3. The average Bonchev–Trinajstić information content (AvgIpc) is 2.55. The van der Waals surface area contributed by atoms with E-state index < -0.39 is 0 Å². The van der Waals surface area contributed by atoms with Gasteiger partial charge in [0.1, 0.15) is 5.75 Å². The molecule has 21 heavy (non-hydrogen) atoms. The summed E-state index contributed by atoms with van der Waals surface area (Å²) in [6.07, 6.45) is 2.02. The van der Waals surface area contributed by atoms with Crippen molar-refractivity contribution in [3.05, 3.63) is 60.2 Å². The molecule has 0 spiro atoms. The van der Waals surface area contributed by atoms with Crippen molar-refractivity contribution in [1.82, 2.24) is 5.32 Å². The molecule has 1 aliphatic rings. The molecule has 1 aliphatic heterocycles. The van der Waals surface area contributed by atoms with E-state index in [-0.39, 0.29) is 12.8 Å². The molecule has 0 saturated heterocycles. The number of nitrogens with one attached hydrogen (secondary N) is 1. The standard InChI is InChI=1S/C17H18N2O2/c20-17(18-13-21-15-9-2-1-3-10-15)19-12-6-8-14-7-4-5-11-16(14)19/h1-5,7,9-11H,6,8,12-13H2,(H,18,20). The minimum atomic E-state index is -0.113. The predicted octanol–water partition coefficient (Wildman–Crippen LogP) is 3.19. The molecule has 4 nitrogen and oxygen atoms in total. The van der Waals surface area contributed by atoms with Crippen LogP contribution in [0.25, 0.3) is 0 Å². The van der Waals surface area contributed by atoms with Gasteiger partial charge in [0.15, 0.2) is 6.73 Å². The summed E-state index contributed by atoms with van der Waals surface area (Å²) in [4.78, 5) is 14.1. The summed E-state index contributed by atoms with van der Waals surface area (Å²) in [5.41, 5.74) is 2.23. The number of para-hydroxylation sites is 2. The Morgan fingerprint density at radius 1 is 1.10 bits per heavy atom. The van der Waals surface area contributed by atoms with Gasteiger partial charge < -0.3 is 10.1 Å². The first kappa shape index (κ1) is 13.5. The normalized spacial score (nSPS) is 13.4. The second-order valence-electron chi connectivity index (χ2n) is 4.97. The molecule has 0 aromatic heterocycles.